The molecule has 0 unspecified atom stereocenters. The Balaban J connectivity index is 1.59. The molecule has 1 aliphatic heterocycles. The maximum Gasteiger partial charge on any atom is 0.254 e. The van der Waals surface area contributed by atoms with E-state index in [1.54, 1.807) is 12.1 Å². The van der Waals surface area contributed by atoms with Crippen molar-refractivity contribution in [2.75, 3.05) is 39.4 Å². The number of benzene rings is 3. The summed E-state index contributed by atoms with van der Waals surface area (Å²) in [5.74, 6) is -0.290. The molecule has 5 heteroatoms. The summed E-state index contributed by atoms with van der Waals surface area (Å²) in [6, 6.07) is 24.1. The molecule has 31 heavy (non-hydrogen) atoms. The normalized spacial score (nSPS) is 14.4. The van der Waals surface area contributed by atoms with Gasteiger partial charge in [-0.15, -0.1) is 0 Å². The number of ether oxygens (including phenoxy) is 1. The second kappa shape index (κ2) is 10.3. The maximum atomic E-state index is 13.7. The lowest BCUT2D eigenvalue weighted by molar-refractivity contribution is 0.0320. The molecule has 0 aromatic heterocycles. The first-order valence-electron chi connectivity index (χ1n) is 10.7. The minimum Gasteiger partial charge on any atom is -0.379 e. The van der Waals surface area contributed by atoms with Crippen LogP contribution in [0.3, 0.4) is 0 Å². The number of morpholine rings is 1. The van der Waals surface area contributed by atoms with Crippen molar-refractivity contribution in [1.82, 2.24) is 9.80 Å². The lowest BCUT2D eigenvalue weighted by Gasteiger charge is -2.30. The van der Waals surface area contributed by atoms with Crippen LogP contribution in [-0.2, 0) is 11.3 Å². The van der Waals surface area contributed by atoms with Gasteiger partial charge in [0.25, 0.3) is 5.91 Å². The molecular weight excluding hydrogens is 391 g/mol. The first kappa shape index (κ1) is 21.2. The van der Waals surface area contributed by atoms with Gasteiger partial charge in [-0.05, 0) is 34.9 Å². The molecule has 4 nitrogen and oxygen atoms in total. The largest absolute Gasteiger partial charge is 0.379 e. The smallest absolute Gasteiger partial charge is 0.254 e. The number of amides is 1. The van der Waals surface area contributed by atoms with Crippen molar-refractivity contribution in [1.29, 1.82) is 0 Å². The SMILES string of the molecule is O=C(c1ccccc1-c1ccccc1)N(CCN1CCOCC1)Cc1ccc(F)cc1. The van der Waals surface area contributed by atoms with E-state index in [4.69, 9.17) is 4.74 Å². The molecule has 1 heterocycles. The topological polar surface area (TPSA) is 32.8 Å². The summed E-state index contributed by atoms with van der Waals surface area (Å²) in [6.45, 7) is 5.01. The number of hydrogen-bond donors (Lipinski definition) is 0. The third kappa shape index (κ3) is 5.57. The van der Waals surface area contributed by atoms with Crippen molar-refractivity contribution in [2.24, 2.45) is 0 Å². The van der Waals surface area contributed by atoms with Gasteiger partial charge in [0.1, 0.15) is 5.82 Å². The zero-order valence-corrected chi connectivity index (χ0v) is 17.5. The average Bonchev–Trinajstić information content (AvgIpc) is 2.84. The molecular formula is C26H27FN2O2. The van der Waals surface area contributed by atoms with Crippen LogP contribution in [0, 0.1) is 5.82 Å². The molecule has 0 saturated carbocycles. The Bertz CT molecular complexity index is 986. The van der Waals surface area contributed by atoms with E-state index in [0.29, 0.717) is 18.7 Å². The van der Waals surface area contributed by atoms with Gasteiger partial charge in [-0.2, -0.15) is 0 Å². The number of halogens is 1. The van der Waals surface area contributed by atoms with Gasteiger partial charge in [-0.3, -0.25) is 9.69 Å². The van der Waals surface area contributed by atoms with Gasteiger partial charge in [0.15, 0.2) is 0 Å². The molecule has 0 spiro atoms. The Hall–Kier alpha value is -3.02. The van der Waals surface area contributed by atoms with Crippen LogP contribution in [0.4, 0.5) is 4.39 Å². The highest BCUT2D eigenvalue weighted by Gasteiger charge is 2.21. The van der Waals surface area contributed by atoms with Crippen molar-refractivity contribution in [2.45, 2.75) is 6.54 Å². The molecule has 3 aromatic rings. The third-order valence-electron chi connectivity index (χ3n) is 5.61. The highest BCUT2D eigenvalue weighted by Crippen LogP contribution is 2.25. The Morgan fingerprint density at radius 1 is 0.903 bits per heavy atom. The van der Waals surface area contributed by atoms with Gasteiger partial charge in [-0.25, -0.2) is 4.39 Å². The summed E-state index contributed by atoms with van der Waals surface area (Å²) in [6.07, 6.45) is 0. The zero-order chi connectivity index (χ0) is 21.5. The highest BCUT2D eigenvalue weighted by molar-refractivity contribution is 6.00. The molecule has 4 rings (SSSR count). The Morgan fingerprint density at radius 2 is 1.58 bits per heavy atom. The lowest BCUT2D eigenvalue weighted by Crippen LogP contribution is -2.43. The maximum absolute atomic E-state index is 13.7. The molecule has 160 valence electrons. The summed E-state index contributed by atoms with van der Waals surface area (Å²) in [4.78, 5) is 17.9. The van der Waals surface area contributed by atoms with Crippen LogP contribution in [0.15, 0.2) is 78.9 Å². The van der Waals surface area contributed by atoms with Gasteiger partial charge >= 0.3 is 0 Å². The molecule has 0 N–H and O–H groups in total. The molecule has 1 aliphatic rings. The molecule has 3 aromatic carbocycles. The number of nitrogens with zero attached hydrogens (tertiary/aromatic N) is 2. The van der Waals surface area contributed by atoms with Crippen molar-refractivity contribution < 1.29 is 13.9 Å². The Kier molecular flexibility index (Phi) is 7.07. The summed E-state index contributed by atoms with van der Waals surface area (Å²) in [5, 5.41) is 0. The van der Waals surface area contributed by atoms with Gasteiger partial charge in [0, 0.05) is 38.3 Å². The van der Waals surface area contributed by atoms with E-state index in [1.807, 2.05) is 59.5 Å². The van der Waals surface area contributed by atoms with Crippen molar-refractivity contribution >= 4 is 5.91 Å². The van der Waals surface area contributed by atoms with Gasteiger partial charge in [0.2, 0.25) is 0 Å². The van der Waals surface area contributed by atoms with Crippen molar-refractivity contribution in [3.8, 4) is 11.1 Å². The fourth-order valence-electron chi connectivity index (χ4n) is 3.86. The number of rotatable bonds is 7. The molecule has 0 aliphatic carbocycles. The predicted octanol–water partition coefficient (Wildman–Crippen LogP) is 4.47. The fourth-order valence-corrected chi connectivity index (χ4v) is 3.86. The van der Waals surface area contributed by atoms with E-state index < -0.39 is 0 Å². The molecule has 1 amide bonds. The summed E-state index contributed by atoms with van der Waals surface area (Å²) in [5.41, 5.74) is 3.52. The van der Waals surface area contributed by atoms with Gasteiger partial charge < -0.3 is 9.64 Å². The van der Waals surface area contributed by atoms with Crippen LogP contribution < -0.4 is 0 Å². The number of hydrogen-bond acceptors (Lipinski definition) is 3. The van der Waals surface area contributed by atoms with Crippen LogP contribution in [-0.4, -0.2) is 55.1 Å². The minimum absolute atomic E-state index is 0.0166. The van der Waals surface area contributed by atoms with E-state index in [-0.39, 0.29) is 11.7 Å². The molecule has 0 atom stereocenters. The van der Waals surface area contributed by atoms with Crippen LogP contribution in [0.2, 0.25) is 0 Å². The first-order chi connectivity index (χ1) is 15.2. The highest BCUT2D eigenvalue weighted by atomic mass is 19.1. The quantitative estimate of drug-likeness (QED) is 0.568. The fraction of sp³-hybridized carbons (Fsp3) is 0.269. The lowest BCUT2D eigenvalue weighted by atomic mass is 9.98. The molecule has 1 saturated heterocycles. The van der Waals surface area contributed by atoms with Crippen molar-refractivity contribution in [3.05, 3.63) is 95.8 Å². The van der Waals surface area contributed by atoms with Crippen LogP contribution in [0.5, 0.6) is 0 Å². The first-order valence-corrected chi connectivity index (χ1v) is 10.7. The van der Waals surface area contributed by atoms with Gasteiger partial charge in [0.05, 0.1) is 13.2 Å². The zero-order valence-electron chi connectivity index (χ0n) is 17.5. The number of carbonyl (C=O) groups excluding carboxylic acids is 1. The Morgan fingerprint density at radius 3 is 2.32 bits per heavy atom. The van der Waals surface area contributed by atoms with Crippen LogP contribution in [0.25, 0.3) is 11.1 Å². The van der Waals surface area contributed by atoms with E-state index in [0.717, 1.165) is 49.5 Å². The van der Waals surface area contributed by atoms with Gasteiger partial charge in [-0.1, -0.05) is 60.7 Å². The molecule has 1 fully saturated rings. The summed E-state index contributed by atoms with van der Waals surface area (Å²) >= 11 is 0. The van der Waals surface area contributed by atoms with E-state index >= 15 is 0 Å². The average molecular weight is 419 g/mol. The van der Waals surface area contributed by atoms with E-state index in [9.17, 15) is 9.18 Å². The van der Waals surface area contributed by atoms with E-state index in [2.05, 4.69) is 4.90 Å². The van der Waals surface area contributed by atoms with Crippen LogP contribution >= 0.6 is 0 Å². The second-order valence-corrected chi connectivity index (χ2v) is 7.72. The Labute approximate surface area is 182 Å². The van der Waals surface area contributed by atoms with Crippen molar-refractivity contribution in [3.63, 3.8) is 0 Å². The monoisotopic (exact) mass is 418 g/mol. The molecule has 0 bridgehead atoms. The second-order valence-electron chi connectivity index (χ2n) is 7.72. The molecule has 0 radical (unpaired) electrons. The summed E-state index contributed by atoms with van der Waals surface area (Å²) < 4.78 is 18.8. The van der Waals surface area contributed by atoms with E-state index in [1.165, 1.54) is 12.1 Å². The minimum atomic E-state index is -0.274. The number of carbonyl (C=O) groups is 1. The standard InChI is InChI=1S/C26H27FN2O2/c27-23-12-10-21(11-13-23)20-29(15-14-28-16-18-31-19-17-28)26(30)25-9-5-4-8-24(25)22-6-2-1-3-7-22/h1-13H,14-20H2. The summed E-state index contributed by atoms with van der Waals surface area (Å²) in [7, 11) is 0. The predicted molar refractivity (Wildman–Crippen MR) is 120 cm³/mol. The third-order valence-corrected chi connectivity index (χ3v) is 5.61. The van der Waals surface area contributed by atoms with Crippen LogP contribution in [0.1, 0.15) is 15.9 Å².